The van der Waals surface area contributed by atoms with Gasteiger partial charge in [-0.25, -0.2) is 0 Å². The highest BCUT2D eigenvalue weighted by Crippen LogP contribution is 2.33. The summed E-state index contributed by atoms with van der Waals surface area (Å²) in [7, 11) is 0. The number of fused-ring (bicyclic) bond motifs is 3. The molecule has 0 bridgehead atoms. The van der Waals surface area contributed by atoms with E-state index < -0.39 is 0 Å². The molecule has 0 aliphatic carbocycles. The fourth-order valence-corrected chi connectivity index (χ4v) is 2.17. The van der Waals surface area contributed by atoms with E-state index in [0.717, 1.165) is 32.1 Å². The van der Waals surface area contributed by atoms with Crippen molar-refractivity contribution in [2.45, 2.75) is 0 Å². The van der Waals surface area contributed by atoms with Crippen LogP contribution in [0.1, 0.15) is 0 Å². The molecule has 0 unspecified atom stereocenters. The van der Waals surface area contributed by atoms with Gasteiger partial charge in [-0.2, -0.15) is 0 Å². The smallest absolute Gasteiger partial charge is 0.137 e. The van der Waals surface area contributed by atoms with Crippen LogP contribution >= 0.6 is 15.9 Å². The van der Waals surface area contributed by atoms with E-state index in [1.54, 1.807) is 0 Å². The van der Waals surface area contributed by atoms with Crippen LogP contribution in [0.25, 0.3) is 21.9 Å². The van der Waals surface area contributed by atoms with Crippen LogP contribution in [0.5, 0.6) is 0 Å². The minimum absolute atomic E-state index is 0.758. The number of halogens is 1. The van der Waals surface area contributed by atoms with Crippen molar-refractivity contribution in [2.75, 3.05) is 5.73 Å². The Labute approximate surface area is 94.8 Å². The Kier molecular flexibility index (Phi) is 1.76. The van der Waals surface area contributed by atoms with Crippen molar-refractivity contribution >= 4 is 43.6 Å². The van der Waals surface area contributed by atoms with E-state index in [4.69, 9.17) is 10.2 Å². The Morgan fingerprint density at radius 2 is 1.93 bits per heavy atom. The molecule has 3 heteroatoms. The van der Waals surface area contributed by atoms with Gasteiger partial charge < -0.3 is 10.2 Å². The molecule has 0 aliphatic rings. The molecule has 2 N–H and O–H groups in total. The summed E-state index contributed by atoms with van der Waals surface area (Å²) >= 11 is 3.42. The van der Waals surface area contributed by atoms with Gasteiger partial charge in [0.05, 0.1) is 5.39 Å². The molecule has 0 aliphatic heterocycles. The quantitative estimate of drug-likeness (QED) is 0.623. The van der Waals surface area contributed by atoms with Crippen molar-refractivity contribution in [3.63, 3.8) is 0 Å². The van der Waals surface area contributed by atoms with E-state index in [1.165, 1.54) is 0 Å². The van der Waals surface area contributed by atoms with Gasteiger partial charge in [-0.05, 0) is 30.3 Å². The monoisotopic (exact) mass is 261 g/mol. The third kappa shape index (κ3) is 1.23. The molecule has 3 aromatic rings. The fraction of sp³-hybridized carbons (Fsp3) is 0. The standard InChI is InChI=1S/C12H8BrNO/c13-7-4-5-8-11(6-7)15-10-3-1-2-9(14)12(8)10/h1-6H,14H2. The molecular formula is C12H8BrNO. The summed E-state index contributed by atoms with van der Waals surface area (Å²) < 4.78 is 6.71. The van der Waals surface area contributed by atoms with E-state index in [-0.39, 0.29) is 0 Å². The molecular weight excluding hydrogens is 254 g/mol. The zero-order chi connectivity index (χ0) is 10.4. The third-order valence-electron chi connectivity index (χ3n) is 2.49. The number of rotatable bonds is 0. The van der Waals surface area contributed by atoms with Crippen molar-refractivity contribution in [2.24, 2.45) is 0 Å². The molecule has 0 saturated carbocycles. The molecule has 3 rings (SSSR count). The first-order chi connectivity index (χ1) is 7.25. The van der Waals surface area contributed by atoms with Gasteiger partial charge in [0.25, 0.3) is 0 Å². The van der Waals surface area contributed by atoms with Crippen LogP contribution in [0.15, 0.2) is 45.3 Å². The number of anilines is 1. The Balaban J connectivity index is 2.59. The topological polar surface area (TPSA) is 39.2 Å². The van der Waals surface area contributed by atoms with Crippen molar-refractivity contribution < 1.29 is 4.42 Å². The molecule has 2 nitrogen and oxygen atoms in total. The van der Waals surface area contributed by atoms with Gasteiger partial charge in [0, 0.05) is 15.5 Å². The van der Waals surface area contributed by atoms with Crippen LogP contribution in [-0.2, 0) is 0 Å². The van der Waals surface area contributed by atoms with E-state index in [9.17, 15) is 0 Å². The van der Waals surface area contributed by atoms with E-state index >= 15 is 0 Å². The average molecular weight is 262 g/mol. The Morgan fingerprint density at radius 1 is 1.07 bits per heavy atom. The molecule has 1 aromatic heterocycles. The number of hydrogen-bond donors (Lipinski definition) is 1. The van der Waals surface area contributed by atoms with Crippen LogP contribution < -0.4 is 5.73 Å². The molecule has 74 valence electrons. The second-order valence-corrected chi connectivity index (χ2v) is 4.38. The second kappa shape index (κ2) is 3.00. The Bertz CT molecular complexity index is 657. The number of nitrogen functional groups attached to an aromatic ring is 1. The van der Waals surface area contributed by atoms with Gasteiger partial charge in [0.1, 0.15) is 11.2 Å². The predicted molar refractivity (Wildman–Crippen MR) is 65.8 cm³/mol. The van der Waals surface area contributed by atoms with Crippen LogP contribution in [-0.4, -0.2) is 0 Å². The summed E-state index contributed by atoms with van der Waals surface area (Å²) in [5.41, 5.74) is 8.39. The van der Waals surface area contributed by atoms with E-state index in [2.05, 4.69) is 15.9 Å². The molecule has 1 heterocycles. The fourth-order valence-electron chi connectivity index (χ4n) is 1.83. The minimum atomic E-state index is 0.758. The second-order valence-electron chi connectivity index (χ2n) is 3.46. The first-order valence-electron chi connectivity index (χ1n) is 4.62. The molecule has 0 fully saturated rings. The van der Waals surface area contributed by atoms with Crippen molar-refractivity contribution in [1.29, 1.82) is 0 Å². The number of hydrogen-bond acceptors (Lipinski definition) is 2. The van der Waals surface area contributed by atoms with Crippen LogP contribution in [0.3, 0.4) is 0 Å². The summed E-state index contributed by atoms with van der Waals surface area (Å²) in [6, 6.07) is 11.7. The summed E-state index contributed by atoms with van der Waals surface area (Å²) in [6.45, 7) is 0. The summed E-state index contributed by atoms with van der Waals surface area (Å²) in [5, 5.41) is 2.06. The molecule has 15 heavy (non-hydrogen) atoms. The highest BCUT2D eigenvalue weighted by Gasteiger charge is 2.08. The highest BCUT2D eigenvalue weighted by molar-refractivity contribution is 9.10. The van der Waals surface area contributed by atoms with E-state index in [0.29, 0.717) is 0 Å². The SMILES string of the molecule is Nc1cccc2oc3cc(Br)ccc3c12. The summed E-state index contributed by atoms with van der Waals surface area (Å²) in [6.07, 6.45) is 0. The molecule has 0 atom stereocenters. The van der Waals surface area contributed by atoms with Gasteiger partial charge in [-0.3, -0.25) is 0 Å². The van der Waals surface area contributed by atoms with Crippen molar-refractivity contribution in [3.05, 3.63) is 40.9 Å². The van der Waals surface area contributed by atoms with Crippen molar-refractivity contribution in [1.82, 2.24) is 0 Å². The third-order valence-corrected chi connectivity index (χ3v) is 2.98. The maximum absolute atomic E-state index is 5.93. The molecule has 0 spiro atoms. The number of nitrogens with two attached hydrogens (primary N) is 1. The molecule has 0 radical (unpaired) electrons. The molecule has 0 amide bonds. The van der Waals surface area contributed by atoms with Gasteiger partial charge >= 0.3 is 0 Å². The van der Waals surface area contributed by atoms with Crippen LogP contribution in [0.4, 0.5) is 5.69 Å². The van der Waals surface area contributed by atoms with Crippen molar-refractivity contribution in [3.8, 4) is 0 Å². The lowest BCUT2D eigenvalue weighted by atomic mass is 10.1. The van der Waals surface area contributed by atoms with Gasteiger partial charge in [-0.1, -0.05) is 22.0 Å². The normalized spacial score (nSPS) is 11.3. The highest BCUT2D eigenvalue weighted by atomic mass is 79.9. The van der Waals surface area contributed by atoms with Crippen LogP contribution in [0, 0.1) is 0 Å². The zero-order valence-corrected chi connectivity index (χ0v) is 9.41. The minimum Gasteiger partial charge on any atom is -0.456 e. The maximum Gasteiger partial charge on any atom is 0.137 e. The summed E-state index contributed by atoms with van der Waals surface area (Å²) in [5.74, 6) is 0. The number of furan rings is 1. The first-order valence-corrected chi connectivity index (χ1v) is 5.41. The summed E-state index contributed by atoms with van der Waals surface area (Å²) in [4.78, 5) is 0. The lowest BCUT2D eigenvalue weighted by Crippen LogP contribution is -1.83. The van der Waals surface area contributed by atoms with Crippen LogP contribution in [0.2, 0.25) is 0 Å². The Hall–Kier alpha value is -1.48. The Morgan fingerprint density at radius 3 is 2.80 bits per heavy atom. The molecule has 2 aromatic carbocycles. The maximum atomic E-state index is 5.93. The first kappa shape index (κ1) is 8.80. The average Bonchev–Trinajstić information content (AvgIpc) is 2.56. The molecule has 0 saturated heterocycles. The van der Waals surface area contributed by atoms with Gasteiger partial charge in [-0.15, -0.1) is 0 Å². The van der Waals surface area contributed by atoms with Gasteiger partial charge in [0.2, 0.25) is 0 Å². The largest absolute Gasteiger partial charge is 0.456 e. The number of benzene rings is 2. The zero-order valence-electron chi connectivity index (χ0n) is 7.83. The predicted octanol–water partition coefficient (Wildman–Crippen LogP) is 3.93. The van der Waals surface area contributed by atoms with Gasteiger partial charge in [0.15, 0.2) is 0 Å². The lowest BCUT2D eigenvalue weighted by Gasteiger charge is -1.94. The lowest BCUT2D eigenvalue weighted by molar-refractivity contribution is 0.669. The van der Waals surface area contributed by atoms with E-state index in [1.807, 2.05) is 36.4 Å².